The predicted molar refractivity (Wildman–Crippen MR) is 58.6 cm³/mol. The molecule has 0 amide bonds. The zero-order valence-electron chi connectivity index (χ0n) is 7.68. The van der Waals surface area contributed by atoms with Crippen molar-refractivity contribution in [2.45, 2.75) is 18.8 Å². The van der Waals surface area contributed by atoms with Gasteiger partial charge in [-0.25, -0.2) is 0 Å². The van der Waals surface area contributed by atoms with E-state index < -0.39 is 0 Å². The lowest BCUT2D eigenvalue weighted by Gasteiger charge is -1.97. The van der Waals surface area contributed by atoms with Crippen LogP contribution in [-0.2, 0) is 5.75 Å². The summed E-state index contributed by atoms with van der Waals surface area (Å²) in [5, 5.41) is 10.9. The summed E-state index contributed by atoms with van der Waals surface area (Å²) in [6.07, 6.45) is 1.44. The van der Waals surface area contributed by atoms with Crippen molar-refractivity contribution >= 4 is 11.8 Å². The quantitative estimate of drug-likeness (QED) is 0.795. The van der Waals surface area contributed by atoms with E-state index >= 15 is 0 Å². The highest BCUT2D eigenvalue weighted by molar-refractivity contribution is 8.01. The Labute approximate surface area is 83.5 Å². The molecule has 0 spiro atoms. The van der Waals surface area contributed by atoms with Crippen LogP contribution in [-0.4, -0.2) is 11.2 Å². The van der Waals surface area contributed by atoms with Gasteiger partial charge < -0.3 is 5.11 Å². The van der Waals surface area contributed by atoms with Gasteiger partial charge in [0, 0.05) is 5.75 Å². The fourth-order valence-electron chi connectivity index (χ4n) is 0.888. The lowest BCUT2D eigenvalue weighted by Crippen LogP contribution is -1.90. The summed E-state index contributed by atoms with van der Waals surface area (Å²) in [5.74, 6) is 0.962. The zero-order valence-corrected chi connectivity index (χ0v) is 8.50. The van der Waals surface area contributed by atoms with Crippen molar-refractivity contribution in [1.29, 1.82) is 0 Å². The van der Waals surface area contributed by atoms with E-state index in [2.05, 4.69) is 12.1 Å². The molecule has 0 aromatic heterocycles. The van der Waals surface area contributed by atoms with Crippen LogP contribution >= 0.6 is 11.8 Å². The third kappa shape index (κ3) is 4.76. The molecule has 0 heterocycles. The van der Waals surface area contributed by atoms with Crippen molar-refractivity contribution in [2.75, 3.05) is 0 Å². The molecule has 0 radical (unpaired) electrons. The normalized spacial score (nSPS) is 13.4. The number of aliphatic hydroxyl groups excluding tert-OH is 1. The summed E-state index contributed by atoms with van der Waals surface area (Å²) in [6.45, 7) is 1.75. The van der Waals surface area contributed by atoms with Crippen LogP contribution in [0.4, 0.5) is 0 Å². The fraction of sp³-hybridized carbons (Fsp3) is 0.273. The first-order valence-corrected chi connectivity index (χ1v) is 5.34. The van der Waals surface area contributed by atoms with E-state index in [-0.39, 0.29) is 6.10 Å². The Morgan fingerprint density at radius 3 is 2.69 bits per heavy atom. The molecule has 0 aliphatic carbocycles. The van der Waals surface area contributed by atoms with E-state index in [1.165, 1.54) is 5.56 Å². The van der Waals surface area contributed by atoms with Crippen molar-refractivity contribution in [2.24, 2.45) is 0 Å². The Morgan fingerprint density at radius 2 is 2.08 bits per heavy atom. The van der Waals surface area contributed by atoms with Gasteiger partial charge in [-0.1, -0.05) is 36.4 Å². The smallest absolute Gasteiger partial charge is 0.0700 e. The zero-order chi connectivity index (χ0) is 9.52. The topological polar surface area (TPSA) is 20.2 Å². The molecule has 0 aliphatic heterocycles. The third-order valence-corrected chi connectivity index (χ3v) is 2.40. The maximum absolute atomic E-state index is 8.95. The van der Waals surface area contributed by atoms with E-state index in [0.717, 1.165) is 5.75 Å². The Bertz CT molecular complexity index is 254. The molecular weight excluding hydrogens is 180 g/mol. The SMILES string of the molecule is CC(O)C=CSCc1ccccc1. The fourth-order valence-corrected chi connectivity index (χ4v) is 1.71. The molecule has 0 saturated heterocycles. The number of hydrogen-bond acceptors (Lipinski definition) is 2. The van der Waals surface area contributed by atoms with Crippen LogP contribution in [0.5, 0.6) is 0 Å². The van der Waals surface area contributed by atoms with E-state index in [9.17, 15) is 0 Å². The molecular formula is C11H14OS. The summed E-state index contributed by atoms with van der Waals surface area (Å²) in [4.78, 5) is 0. The van der Waals surface area contributed by atoms with Gasteiger partial charge in [-0.3, -0.25) is 0 Å². The first-order valence-electron chi connectivity index (χ1n) is 4.29. The predicted octanol–water partition coefficient (Wildman–Crippen LogP) is 2.81. The van der Waals surface area contributed by atoms with Gasteiger partial charge in [-0.2, -0.15) is 0 Å². The van der Waals surface area contributed by atoms with Gasteiger partial charge >= 0.3 is 0 Å². The van der Waals surface area contributed by atoms with Crippen LogP contribution < -0.4 is 0 Å². The van der Waals surface area contributed by atoms with Crippen LogP contribution in [0.1, 0.15) is 12.5 Å². The molecule has 1 nitrogen and oxygen atoms in total. The molecule has 1 aromatic carbocycles. The van der Waals surface area contributed by atoms with E-state index in [1.54, 1.807) is 24.8 Å². The van der Waals surface area contributed by atoms with Crippen molar-refractivity contribution in [1.82, 2.24) is 0 Å². The summed E-state index contributed by atoms with van der Waals surface area (Å²) >= 11 is 1.69. The van der Waals surface area contributed by atoms with Crippen LogP contribution in [0.25, 0.3) is 0 Å². The monoisotopic (exact) mass is 194 g/mol. The van der Waals surface area contributed by atoms with E-state index in [0.29, 0.717) is 0 Å². The Balaban J connectivity index is 2.28. The van der Waals surface area contributed by atoms with Crippen LogP contribution in [0, 0.1) is 0 Å². The van der Waals surface area contributed by atoms with Crippen LogP contribution in [0.15, 0.2) is 41.8 Å². The van der Waals surface area contributed by atoms with Gasteiger partial charge in [0.15, 0.2) is 0 Å². The second-order valence-corrected chi connectivity index (χ2v) is 3.76. The molecule has 1 unspecified atom stereocenters. The molecule has 0 saturated carbocycles. The van der Waals surface area contributed by atoms with Crippen LogP contribution in [0.2, 0.25) is 0 Å². The van der Waals surface area contributed by atoms with Gasteiger partial charge in [0.25, 0.3) is 0 Å². The standard InChI is InChI=1S/C11H14OS/c1-10(12)7-8-13-9-11-5-3-2-4-6-11/h2-8,10,12H,9H2,1H3. The summed E-state index contributed by atoms with van der Waals surface area (Å²) < 4.78 is 0. The number of benzene rings is 1. The Hall–Kier alpha value is -0.730. The third-order valence-electron chi connectivity index (χ3n) is 1.55. The molecule has 13 heavy (non-hydrogen) atoms. The maximum Gasteiger partial charge on any atom is 0.0700 e. The van der Waals surface area contributed by atoms with Crippen molar-refractivity contribution in [3.8, 4) is 0 Å². The van der Waals surface area contributed by atoms with Gasteiger partial charge in [0.05, 0.1) is 6.10 Å². The minimum atomic E-state index is -0.344. The van der Waals surface area contributed by atoms with Crippen LogP contribution in [0.3, 0.4) is 0 Å². The molecule has 70 valence electrons. The molecule has 0 fully saturated rings. The largest absolute Gasteiger partial charge is 0.389 e. The Morgan fingerprint density at radius 1 is 1.38 bits per heavy atom. The average Bonchev–Trinajstić information content (AvgIpc) is 2.14. The Kier molecular flexibility index (Phi) is 4.65. The highest BCUT2D eigenvalue weighted by Crippen LogP contribution is 2.12. The number of aliphatic hydroxyl groups is 1. The van der Waals surface area contributed by atoms with Gasteiger partial charge in [0.2, 0.25) is 0 Å². The second kappa shape index (κ2) is 5.84. The summed E-state index contributed by atoms with van der Waals surface area (Å²) in [7, 11) is 0. The van der Waals surface area contributed by atoms with Crippen molar-refractivity contribution in [3.63, 3.8) is 0 Å². The number of rotatable bonds is 4. The van der Waals surface area contributed by atoms with Gasteiger partial charge in [0.1, 0.15) is 0 Å². The minimum Gasteiger partial charge on any atom is -0.389 e. The maximum atomic E-state index is 8.95. The molecule has 0 aliphatic rings. The second-order valence-electron chi connectivity index (χ2n) is 2.87. The molecule has 1 N–H and O–H groups in total. The van der Waals surface area contributed by atoms with Gasteiger partial charge in [-0.15, -0.1) is 11.8 Å². The van der Waals surface area contributed by atoms with Gasteiger partial charge in [-0.05, 0) is 17.9 Å². The first-order chi connectivity index (χ1) is 6.29. The van der Waals surface area contributed by atoms with Crippen molar-refractivity contribution in [3.05, 3.63) is 47.4 Å². The minimum absolute atomic E-state index is 0.344. The first kappa shape index (κ1) is 10.4. The highest BCUT2D eigenvalue weighted by atomic mass is 32.2. The summed E-state index contributed by atoms with van der Waals surface area (Å²) in [5.41, 5.74) is 1.31. The lowest BCUT2D eigenvalue weighted by molar-refractivity contribution is 0.244. The molecule has 1 atom stereocenters. The molecule has 0 bridgehead atoms. The average molecular weight is 194 g/mol. The van der Waals surface area contributed by atoms with Crippen molar-refractivity contribution < 1.29 is 5.11 Å². The summed E-state index contributed by atoms with van der Waals surface area (Å²) in [6, 6.07) is 10.3. The molecule has 1 aromatic rings. The highest BCUT2D eigenvalue weighted by Gasteiger charge is 1.89. The van der Waals surface area contributed by atoms with E-state index in [4.69, 9.17) is 5.11 Å². The van der Waals surface area contributed by atoms with E-state index in [1.807, 2.05) is 23.6 Å². The molecule has 2 heteroatoms. The lowest BCUT2D eigenvalue weighted by atomic mass is 10.2. The number of hydrogen-bond donors (Lipinski definition) is 1. The number of thioether (sulfide) groups is 1. The molecule has 1 rings (SSSR count).